The Kier molecular flexibility index (Phi) is 6.11. The molecule has 0 atom stereocenters. The lowest BCUT2D eigenvalue weighted by Gasteiger charge is -2.24. The number of rotatable bonds is 7. The minimum atomic E-state index is -0.646. The first kappa shape index (κ1) is 17.4. The molecule has 1 rings (SSSR count). The first-order valence-corrected chi connectivity index (χ1v) is 6.86. The van der Waals surface area contributed by atoms with Gasteiger partial charge in [-0.3, -0.25) is 14.9 Å². The van der Waals surface area contributed by atoms with Crippen LogP contribution in [0.25, 0.3) is 0 Å². The van der Waals surface area contributed by atoms with E-state index in [1.54, 1.807) is 7.11 Å². The minimum Gasteiger partial charge on any atom is -0.385 e. The van der Waals surface area contributed by atoms with Gasteiger partial charge in [0.25, 0.3) is 5.91 Å². The third-order valence-corrected chi connectivity index (χ3v) is 3.43. The standard InChI is InChI=1S/C14H19ClN2O4/c1-14(2,7-8-21-3)9-16-13(18)10-5-4-6-11(15)12(10)17(19)20/h4-6H,7-9H2,1-3H3,(H,16,18). The SMILES string of the molecule is COCCC(C)(C)CNC(=O)c1cccc(Cl)c1[N+](=O)[O-]. The van der Waals surface area contributed by atoms with E-state index in [0.717, 1.165) is 6.42 Å². The van der Waals surface area contributed by atoms with Gasteiger partial charge in [-0.1, -0.05) is 31.5 Å². The summed E-state index contributed by atoms with van der Waals surface area (Å²) < 4.78 is 5.02. The summed E-state index contributed by atoms with van der Waals surface area (Å²) in [4.78, 5) is 22.5. The molecule has 0 aliphatic rings. The van der Waals surface area contributed by atoms with Crippen LogP contribution in [0.15, 0.2) is 18.2 Å². The van der Waals surface area contributed by atoms with Crippen molar-refractivity contribution in [2.45, 2.75) is 20.3 Å². The third kappa shape index (κ3) is 4.99. The highest BCUT2D eigenvalue weighted by atomic mass is 35.5. The van der Waals surface area contributed by atoms with Crippen molar-refractivity contribution in [2.75, 3.05) is 20.3 Å². The van der Waals surface area contributed by atoms with Crippen molar-refractivity contribution in [3.63, 3.8) is 0 Å². The molecular weight excluding hydrogens is 296 g/mol. The molecule has 21 heavy (non-hydrogen) atoms. The van der Waals surface area contributed by atoms with E-state index in [1.807, 2.05) is 13.8 Å². The summed E-state index contributed by atoms with van der Waals surface area (Å²) in [5.74, 6) is -0.505. The fourth-order valence-electron chi connectivity index (χ4n) is 1.77. The van der Waals surface area contributed by atoms with Crippen molar-refractivity contribution in [1.29, 1.82) is 0 Å². The predicted molar refractivity (Wildman–Crippen MR) is 80.7 cm³/mol. The maximum Gasteiger partial charge on any atom is 0.300 e. The number of hydrogen-bond acceptors (Lipinski definition) is 4. The normalized spacial score (nSPS) is 11.2. The Morgan fingerprint density at radius 1 is 1.48 bits per heavy atom. The van der Waals surface area contributed by atoms with E-state index in [9.17, 15) is 14.9 Å². The van der Waals surface area contributed by atoms with Crippen molar-refractivity contribution in [1.82, 2.24) is 5.32 Å². The lowest BCUT2D eigenvalue weighted by molar-refractivity contribution is -0.385. The largest absolute Gasteiger partial charge is 0.385 e. The van der Waals surface area contributed by atoms with Crippen molar-refractivity contribution in [3.8, 4) is 0 Å². The number of amides is 1. The maximum atomic E-state index is 12.1. The number of benzene rings is 1. The van der Waals surface area contributed by atoms with Crippen LogP contribution in [0.3, 0.4) is 0 Å². The van der Waals surface area contributed by atoms with E-state index in [4.69, 9.17) is 16.3 Å². The van der Waals surface area contributed by atoms with Gasteiger partial charge >= 0.3 is 5.69 Å². The number of nitro benzene ring substituents is 1. The Hall–Kier alpha value is -1.66. The molecule has 7 heteroatoms. The van der Waals surface area contributed by atoms with Crippen LogP contribution in [0.4, 0.5) is 5.69 Å². The average molecular weight is 315 g/mol. The highest BCUT2D eigenvalue weighted by Gasteiger charge is 2.25. The van der Waals surface area contributed by atoms with Crippen LogP contribution in [-0.4, -0.2) is 31.1 Å². The lowest BCUT2D eigenvalue weighted by Crippen LogP contribution is -2.35. The maximum absolute atomic E-state index is 12.1. The zero-order valence-corrected chi connectivity index (χ0v) is 13.1. The number of para-hydroxylation sites is 1. The van der Waals surface area contributed by atoms with Gasteiger partial charge in [-0.25, -0.2) is 0 Å². The monoisotopic (exact) mass is 314 g/mol. The number of nitrogens with zero attached hydrogens (tertiary/aromatic N) is 1. The fourth-order valence-corrected chi connectivity index (χ4v) is 2.01. The van der Waals surface area contributed by atoms with Crippen molar-refractivity contribution >= 4 is 23.2 Å². The molecule has 0 saturated carbocycles. The summed E-state index contributed by atoms with van der Waals surface area (Å²) in [5, 5.41) is 13.7. The Bertz CT molecular complexity index is 532. The van der Waals surface area contributed by atoms with Crippen molar-refractivity contribution in [2.24, 2.45) is 5.41 Å². The van der Waals surface area contributed by atoms with Crippen molar-refractivity contribution < 1.29 is 14.5 Å². The van der Waals surface area contributed by atoms with E-state index in [2.05, 4.69) is 5.32 Å². The molecule has 0 spiro atoms. The van der Waals surface area contributed by atoms with E-state index in [1.165, 1.54) is 18.2 Å². The van der Waals surface area contributed by atoms with Crippen LogP contribution in [0, 0.1) is 15.5 Å². The van der Waals surface area contributed by atoms with Gasteiger partial charge in [0.2, 0.25) is 0 Å². The fraction of sp³-hybridized carbons (Fsp3) is 0.500. The number of nitro groups is 1. The highest BCUT2D eigenvalue weighted by molar-refractivity contribution is 6.33. The molecule has 0 aliphatic carbocycles. The van der Waals surface area contributed by atoms with Gasteiger partial charge in [0.05, 0.1) is 4.92 Å². The summed E-state index contributed by atoms with van der Waals surface area (Å²) in [5.41, 5.74) is -0.569. The van der Waals surface area contributed by atoms with E-state index < -0.39 is 10.8 Å². The van der Waals surface area contributed by atoms with Gasteiger partial charge in [0.1, 0.15) is 10.6 Å². The summed E-state index contributed by atoms with van der Waals surface area (Å²) in [6.07, 6.45) is 0.765. The van der Waals surface area contributed by atoms with Gasteiger partial charge in [-0.05, 0) is 24.0 Å². The van der Waals surface area contributed by atoms with Crippen LogP contribution >= 0.6 is 11.6 Å². The summed E-state index contributed by atoms with van der Waals surface area (Å²) in [7, 11) is 1.62. The molecular formula is C14H19ClN2O4. The van der Waals surface area contributed by atoms with Gasteiger partial charge in [0.15, 0.2) is 0 Å². The number of halogens is 1. The number of carbonyl (C=O) groups excluding carboxylic acids is 1. The molecule has 6 nitrogen and oxygen atoms in total. The average Bonchev–Trinajstić information content (AvgIpc) is 2.42. The van der Waals surface area contributed by atoms with Gasteiger partial charge < -0.3 is 10.1 Å². The van der Waals surface area contributed by atoms with Crippen LogP contribution in [0.5, 0.6) is 0 Å². The third-order valence-electron chi connectivity index (χ3n) is 3.12. The first-order chi connectivity index (χ1) is 9.78. The zero-order valence-electron chi connectivity index (χ0n) is 12.3. The van der Waals surface area contributed by atoms with E-state index >= 15 is 0 Å². The molecule has 1 aromatic carbocycles. The van der Waals surface area contributed by atoms with Crippen molar-refractivity contribution in [3.05, 3.63) is 38.9 Å². The topological polar surface area (TPSA) is 81.5 Å². The number of ether oxygens (including phenoxy) is 1. The number of carbonyl (C=O) groups is 1. The molecule has 1 amide bonds. The van der Waals surface area contributed by atoms with Gasteiger partial charge in [-0.15, -0.1) is 0 Å². The number of methoxy groups -OCH3 is 1. The lowest BCUT2D eigenvalue weighted by atomic mass is 9.89. The molecule has 0 heterocycles. The molecule has 116 valence electrons. The van der Waals surface area contributed by atoms with Crippen LogP contribution in [0.1, 0.15) is 30.6 Å². The quantitative estimate of drug-likeness (QED) is 0.619. The second-order valence-corrected chi connectivity index (χ2v) is 5.89. The molecule has 0 unspecified atom stereocenters. The van der Waals surface area contributed by atoms with Crippen LogP contribution < -0.4 is 5.32 Å². The minimum absolute atomic E-state index is 0.0324. The Morgan fingerprint density at radius 2 is 2.14 bits per heavy atom. The van der Waals surface area contributed by atoms with Gasteiger partial charge in [-0.2, -0.15) is 0 Å². The molecule has 0 bridgehead atoms. The summed E-state index contributed by atoms with van der Waals surface area (Å²) in [6.45, 7) is 4.94. The highest BCUT2D eigenvalue weighted by Crippen LogP contribution is 2.28. The Labute approximate surface area is 128 Å². The summed E-state index contributed by atoms with van der Waals surface area (Å²) in [6, 6.07) is 4.29. The predicted octanol–water partition coefficient (Wildman–Crippen LogP) is 3.04. The summed E-state index contributed by atoms with van der Waals surface area (Å²) >= 11 is 5.79. The van der Waals surface area contributed by atoms with E-state index in [0.29, 0.717) is 13.2 Å². The van der Waals surface area contributed by atoms with E-state index in [-0.39, 0.29) is 21.7 Å². The smallest absolute Gasteiger partial charge is 0.300 e. The molecule has 0 radical (unpaired) electrons. The second-order valence-electron chi connectivity index (χ2n) is 5.48. The van der Waals surface area contributed by atoms with Crippen LogP contribution in [-0.2, 0) is 4.74 Å². The Balaban J connectivity index is 2.82. The van der Waals surface area contributed by atoms with Crippen LogP contribution in [0.2, 0.25) is 5.02 Å². The number of hydrogen-bond donors (Lipinski definition) is 1. The number of nitrogens with one attached hydrogen (secondary N) is 1. The van der Waals surface area contributed by atoms with Gasteiger partial charge in [0, 0.05) is 20.3 Å². The molecule has 1 aromatic rings. The molecule has 0 aromatic heterocycles. The first-order valence-electron chi connectivity index (χ1n) is 6.48. The Morgan fingerprint density at radius 3 is 2.71 bits per heavy atom. The molecule has 0 saturated heterocycles. The molecule has 0 aliphatic heterocycles. The zero-order chi connectivity index (χ0) is 16.0. The second kappa shape index (κ2) is 7.38. The molecule has 1 N–H and O–H groups in total. The molecule has 0 fully saturated rings.